The summed E-state index contributed by atoms with van der Waals surface area (Å²) in [5.74, 6) is 0.294. The minimum absolute atomic E-state index is 0.236. The molecule has 2 rings (SSSR count). The number of hydrogen-bond donors (Lipinski definition) is 2. The third-order valence-corrected chi connectivity index (χ3v) is 3.63. The Morgan fingerprint density at radius 2 is 2.23 bits per heavy atom. The van der Waals surface area contributed by atoms with Gasteiger partial charge < -0.3 is 19.7 Å². The second kappa shape index (κ2) is 6.79. The molecule has 1 aromatic carbocycles. The third-order valence-electron chi connectivity index (χ3n) is 3.63. The van der Waals surface area contributed by atoms with Crippen molar-refractivity contribution in [2.45, 2.75) is 32.9 Å². The lowest BCUT2D eigenvalue weighted by Gasteiger charge is -2.18. The van der Waals surface area contributed by atoms with E-state index in [0.717, 1.165) is 5.56 Å². The quantitative estimate of drug-likeness (QED) is 0.892. The minimum atomic E-state index is -0.442. The van der Waals surface area contributed by atoms with Crippen LogP contribution in [0.5, 0.6) is 0 Å². The number of fused-ring (bicyclic) bond motifs is 1. The van der Waals surface area contributed by atoms with E-state index in [0.29, 0.717) is 29.7 Å². The molecule has 1 unspecified atom stereocenters. The standard InChI is InChI=1S/C16H21FN2O3/c1-10(20)6-7-19(3)16(21)18-9-15-11(2)13-8-12(17)4-5-14(13)22-15/h4-5,8,10,20H,6-7,9H2,1-3H3,(H,18,21). The fraction of sp³-hybridized carbons (Fsp3) is 0.438. The third kappa shape index (κ3) is 3.76. The van der Waals surface area contributed by atoms with Crippen LogP contribution in [0.25, 0.3) is 11.0 Å². The molecule has 2 N–H and O–H groups in total. The van der Waals surface area contributed by atoms with E-state index in [1.165, 1.54) is 17.0 Å². The molecule has 0 aliphatic rings. The Morgan fingerprint density at radius 1 is 1.50 bits per heavy atom. The summed E-state index contributed by atoms with van der Waals surface area (Å²) < 4.78 is 18.9. The Bertz CT molecular complexity index is 667. The molecule has 0 saturated carbocycles. The first-order valence-corrected chi connectivity index (χ1v) is 7.23. The first kappa shape index (κ1) is 16.3. The van der Waals surface area contributed by atoms with Gasteiger partial charge in [-0.3, -0.25) is 0 Å². The van der Waals surface area contributed by atoms with Gasteiger partial charge in [0.25, 0.3) is 0 Å². The van der Waals surface area contributed by atoms with Crippen molar-refractivity contribution in [3.63, 3.8) is 0 Å². The average molecular weight is 308 g/mol. The molecule has 5 nitrogen and oxygen atoms in total. The van der Waals surface area contributed by atoms with Crippen LogP contribution in [0, 0.1) is 12.7 Å². The van der Waals surface area contributed by atoms with E-state index < -0.39 is 6.10 Å². The summed E-state index contributed by atoms with van der Waals surface area (Å²) in [5.41, 5.74) is 1.42. The summed E-state index contributed by atoms with van der Waals surface area (Å²) in [7, 11) is 1.67. The smallest absolute Gasteiger partial charge is 0.317 e. The van der Waals surface area contributed by atoms with Gasteiger partial charge in [0.05, 0.1) is 12.6 Å². The molecule has 0 bridgehead atoms. The number of urea groups is 1. The summed E-state index contributed by atoms with van der Waals surface area (Å²) in [6.45, 7) is 4.22. The van der Waals surface area contributed by atoms with E-state index >= 15 is 0 Å². The summed E-state index contributed by atoms with van der Waals surface area (Å²) in [5, 5.41) is 12.7. The Hall–Kier alpha value is -2.08. The number of hydrogen-bond acceptors (Lipinski definition) is 3. The molecular formula is C16H21FN2O3. The van der Waals surface area contributed by atoms with E-state index in [1.54, 1.807) is 20.0 Å². The molecule has 22 heavy (non-hydrogen) atoms. The summed E-state index contributed by atoms with van der Waals surface area (Å²) in [4.78, 5) is 13.4. The Morgan fingerprint density at radius 3 is 2.91 bits per heavy atom. The van der Waals surface area contributed by atoms with Gasteiger partial charge in [-0.05, 0) is 38.5 Å². The van der Waals surface area contributed by atoms with Gasteiger partial charge in [-0.1, -0.05) is 0 Å². The largest absolute Gasteiger partial charge is 0.459 e. The molecule has 0 aliphatic carbocycles. The van der Waals surface area contributed by atoms with Crippen LogP contribution in [0.3, 0.4) is 0 Å². The molecule has 1 heterocycles. The van der Waals surface area contributed by atoms with Crippen molar-refractivity contribution in [3.05, 3.63) is 35.3 Å². The number of benzene rings is 1. The molecule has 0 saturated heterocycles. The molecule has 2 aromatic rings. The Kier molecular flexibility index (Phi) is 5.03. The molecular weight excluding hydrogens is 287 g/mol. The number of halogens is 1. The molecule has 0 aliphatic heterocycles. The molecule has 2 amide bonds. The number of amides is 2. The van der Waals surface area contributed by atoms with Gasteiger partial charge in [0, 0.05) is 24.5 Å². The summed E-state index contributed by atoms with van der Waals surface area (Å²) in [6.07, 6.45) is 0.0788. The van der Waals surface area contributed by atoms with Crippen molar-refractivity contribution in [2.24, 2.45) is 0 Å². The Labute approximate surface area is 128 Å². The van der Waals surface area contributed by atoms with Crippen molar-refractivity contribution in [1.82, 2.24) is 10.2 Å². The number of aryl methyl sites for hydroxylation is 1. The van der Waals surface area contributed by atoms with E-state index in [2.05, 4.69) is 5.32 Å². The van der Waals surface area contributed by atoms with Crippen LogP contribution >= 0.6 is 0 Å². The van der Waals surface area contributed by atoms with Crippen molar-refractivity contribution >= 4 is 17.0 Å². The van der Waals surface area contributed by atoms with Crippen molar-refractivity contribution in [2.75, 3.05) is 13.6 Å². The summed E-state index contributed by atoms with van der Waals surface area (Å²) >= 11 is 0. The van der Waals surface area contributed by atoms with E-state index in [-0.39, 0.29) is 18.4 Å². The highest BCUT2D eigenvalue weighted by atomic mass is 19.1. The van der Waals surface area contributed by atoms with Crippen LogP contribution in [0.4, 0.5) is 9.18 Å². The lowest BCUT2D eigenvalue weighted by molar-refractivity contribution is 0.163. The maximum Gasteiger partial charge on any atom is 0.317 e. The number of rotatable bonds is 5. The van der Waals surface area contributed by atoms with Crippen molar-refractivity contribution < 1.29 is 18.7 Å². The predicted molar refractivity (Wildman–Crippen MR) is 82.1 cm³/mol. The number of aliphatic hydroxyl groups excluding tert-OH is 1. The summed E-state index contributed by atoms with van der Waals surface area (Å²) in [6, 6.07) is 4.11. The maximum absolute atomic E-state index is 13.3. The zero-order chi connectivity index (χ0) is 16.3. The number of furan rings is 1. The number of nitrogens with one attached hydrogen (secondary N) is 1. The number of aliphatic hydroxyl groups is 1. The topological polar surface area (TPSA) is 65.7 Å². The van der Waals surface area contributed by atoms with Gasteiger partial charge in [-0.15, -0.1) is 0 Å². The van der Waals surface area contributed by atoms with Crippen LogP contribution in [0.15, 0.2) is 22.6 Å². The lowest BCUT2D eigenvalue weighted by Crippen LogP contribution is -2.38. The van der Waals surface area contributed by atoms with Gasteiger partial charge in [-0.2, -0.15) is 0 Å². The van der Waals surface area contributed by atoms with Crippen LogP contribution in [0.2, 0.25) is 0 Å². The van der Waals surface area contributed by atoms with Gasteiger partial charge in [-0.25, -0.2) is 9.18 Å². The number of nitrogens with zero attached hydrogens (tertiary/aromatic N) is 1. The molecule has 120 valence electrons. The second-order valence-corrected chi connectivity index (χ2v) is 5.51. The van der Waals surface area contributed by atoms with Crippen molar-refractivity contribution in [3.8, 4) is 0 Å². The molecule has 0 spiro atoms. The highest BCUT2D eigenvalue weighted by molar-refractivity contribution is 5.82. The fourth-order valence-corrected chi connectivity index (χ4v) is 2.19. The first-order chi connectivity index (χ1) is 10.4. The van der Waals surface area contributed by atoms with Gasteiger partial charge in [0.15, 0.2) is 0 Å². The monoisotopic (exact) mass is 308 g/mol. The minimum Gasteiger partial charge on any atom is -0.459 e. The van der Waals surface area contributed by atoms with Crippen LogP contribution in [-0.2, 0) is 6.54 Å². The van der Waals surface area contributed by atoms with Crippen LogP contribution < -0.4 is 5.32 Å². The zero-order valence-electron chi connectivity index (χ0n) is 13.0. The average Bonchev–Trinajstić information content (AvgIpc) is 2.78. The van der Waals surface area contributed by atoms with Crippen LogP contribution in [0.1, 0.15) is 24.7 Å². The molecule has 1 aromatic heterocycles. The highest BCUT2D eigenvalue weighted by Gasteiger charge is 2.14. The lowest BCUT2D eigenvalue weighted by atomic mass is 10.1. The maximum atomic E-state index is 13.3. The van der Waals surface area contributed by atoms with Crippen molar-refractivity contribution in [1.29, 1.82) is 0 Å². The van der Waals surface area contributed by atoms with Crippen LogP contribution in [-0.4, -0.2) is 35.7 Å². The van der Waals surface area contributed by atoms with E-state index in [1.807, 2.05) is 6.92 Å². The van der Waals surface area contributed by atoms with Gasteiger partial charge in [0.2, 0.25) is 0 Å². The normalized spacial score (nSPS) is 12.4. The molecule has 0 fully saturated rings. The molecule has 6 heteroatoms. The van der Waals surface area contributed by atoms with E-state index in [4.69, 9.17) is 4.42 Å². The first-order valence-electron chi connectivity index (χ1n) is 7.23. The molecule has 1 atom stereocenters. The number of carbonyl (C=O) groups excluding carboxylic acids is 1. The fourth-order valence-electron chi connectivity index (χ4n) is 2.19. The van der Waals surface area contributed by atoms with Gasteiger partial charge >= 0.3 is 6.03 Å². The highest BCUT2D eigenvalue weighted by Crippen LogP contribution is 2.25. The zero-order valence-corrected chi connectivity index (χ0v) is 13.0. The Balaban J connectivity index is 1.99. The predicted octanol–water partition coefficient (Wildman–Crippen LogP) is 2.79. The SMILES string of the molecule is Cc1c(CNC(=O)N(C)CCC(C)O)oc2ccc(F)cc12. The van der Waals surface area contributed by atoms with E-state index in [9.17, 15) is 14.3 Å². The molecule has 0 radical (unpaired) electrons. The number of carbonyl (C=O) groups is 1. The van der Waals surface area contributed by atoms with Gasteiger partial charge in [0.1, 0.15) is 17.2 Å². The second-order valence-electron chi connectivity index (χ2n) is 5.51.